The molecule has 8 nitrogen and oxygen atoms in total. The van der Waals surface area contributed by atoms with Crippen LogP contribution in [-0.2, 0) is 18.8 Å². The Bertz CT molecular complexity index is 979. The van der Waals surface area contributed by atoms with Crippen molar-refractivity contribution in [3.63, 3.8) is 0 Å². The van der Waals surface area contributed by atoms with Gasteiger partial charge in [-0.15, -0.1) is 0 Å². The Kier molecular flexibility index (Phi) is 3.82. The van der Waals surface area contributed by atoms with E-state index in [1.165, 1.54) is 16.5 Å². The lowest BCUT2D eigenvalue weighted by molar-refractivity contribution is 0.0287. The van der Waals surface area contributed by atoms with Crippen LogP contribution in [0.4, 0.5) is 4.79 Å². The number of hydrogen-bond donors (Lipinski definition) is 0. The van der Waals surface area contributed by atoms with Gasteiger partial charge in [0.2, 0.25) is 5.88 Å². The van der Waals surface area contributed by atoms with Crippen molar-refractivity contribution >= 4 is 6.09 Å². The van der Waals surface area contributed by atoms with Crippen molar-refractivity contribution < 1.29 is 14.3 Å². The lowest BCUT2D eigenvalue weighted by Crippen LogP contribution is -2.49. The van der Waals surface area contributed by atoms with Gasteiger partial charge in [-0.05, 0) is 5.56 Å². The highest BCUT2D eigenvalue weighted by atomic mass is 16.6. The average molecular weight is 357 g/mol. The maximum atomic E-state index is 12.8. The molecule has 1 aromatic carbocycles. The highest BCUT2D eigenvalue weighted by Gasteiger charge is 2.40. The molecular formula is C18H19N3O5. The van der Waals surface area contributed by atoms with Crippen LogP contribution in [0.15, 0.2) is 39.9 Å². The van der Waals surface area contributed by atoms with Crippen LogP contribution in [0.2, 0.25) is 0 Å². The molecular weight excluding hydrogens is 338 g/mol. The van der Waals surface area contributed by atoms with Crippen LogP contribution in [0.3, 0.4) is 0 Å². The number of benzene rings is 1. The first-order valence-corrected chi connectivity index (χ1v) is 8.44. The van der Waals surface area contributed by atoms with Crippen molar-refractivity contribution in [3.05, 3.63) is 62.3 Å². The van der Waals surface area contributed by atoms with Crippen molar-refractivity contribution in [1.29, 1.82) is 0 Å². The summed E-state index contributed by atoms with van der Waals surface area (Å²) in [5.74, 6) is -0.0771. The molecule has 3 heterocycles. The van der Waals surface area contributed by atoms with E-state index in [4.69, 9.17) is 9.47 Å². The van der Waals surface area contributed by atoms with E-state index in [1.54, 1.807) is 7.05 Å². The zero-order valence-electron chi connectivity index (χ0n) is 14.5. The van der Waals surface area contributed by atoms with Gasteiger partial charge in [0.15, 0.2) is 6.23 Å². The van der Waals surface area contributed by atoms with Crippen molar-refractivity contribution in [2.75, 3.05) is 13.2 Å². The Morgan fingerprint density at radius 2 is 1.77 bits per heavy atom. The summed E-state index contributed by atoms with van der Waals surface area (Å²) in [6.45, 7) is 0.718. The summed E-state index contributed by atoms with van der Waals surface area (Å²) in [7, 11) is 3.02. The van der Waals surface area contributed by atoms with Crippen LogP contribution in [0.1, 0.15) is 23.5 Å². The van der Waals surface area contributed by atoms with Crippen LogP contribution >= 0.6 is 0 Å². The van der Waals surface area contributed by atoms with Gasteiger partial charge in [0.05, 0.1) is 12.1 Å². The largest absolute Gasteiger partial charge is 0.454 e. The fourth-order valence-electron chi connectivity index (χ4n) is 3.63. The number of carbonyl (C=O) groups excluding carboxylic acids is 1. The summed E-state index contributed by atoms with van der Waals surface area (Å²) in [5.41, 5.74) is 0.527. The first-order valence-electron chi connectivity index (χ1n) is 8.44. The number of hydrogen-bond acceptors (Lipinski definition) is 5. The van der Waals surface area contributed by atoms with E-state index in [9.17, 15) is 14.4 Å². The molecule has 1 amide bonds. The molecule has 2 atom stereocenters. The van der Waals surface area contributed by atoms with Gasteiger partial charge in [-0.1, -0.05) is 30.3 Å². The predicted octanol–water partition coefficient (Wildman–Crippen LogP) is 0.777. The third-order valence-electron chi connectivity index (χ3n) is 5.02. The second kappa shape index (κ2) is 6.05. The van der Waals surface area contributed by atoms with Crippen LogP contribution in [0, 0.1) is 0 Å². The number of nitrogens with zero attached hydrogens (tertiary/aromatic N) is 3. The normalized spacial score (nSPS) is 21.9. The number of cyclic esters (lactones) is 1. The first-order chi connectivity index (χ1) is 12.5. The zero-order chi connectivity index (χ0) is 18.4. The third kappa shape index (κ3) is 2.40. The van der Waals surface area contributed by atoms with E-state index >= 15 is 0 Å². The minimum absolute atomic E-state index is 0.211. The summed E-state index contributed by atoms with van der Waals surface area (Å²) >= 11 is 0. The van der Waals surface area contributed by atoms with Crippen LogP contribution in [0.5, 0.6) is 5.88 Å². The summed E-state index contributed by atoms with van der Waals surface area (Å²) in [4.78, 5) is 38.7. The number of ether oxygens (including phenoxy) is 2. The summed E-state index contributed by atoms with van der Waals surface area (Å²) in [5, 5.41) is 0. The van der Waals surface area contributed by atoms with Gasteiger partial charge in [-0.25, -0.2) is 9.59 Å². The Morgan fingerprint density at radius 1 is 1.04 bits per heavy atom. The highest BCUT2D eigenvalue weighted by molar-refractivity contribution is 5.69. The molecule has 1 fully saturated rings. The average Bonchev–Trinajstić information content (AvgIpc) is 3.10. The molecule has 1 aromatic heterocycles. The lowest BCUT2D eigenvalue weighted by atomic mass is 9.87. The number of rotatable bonds is 2. The van der Waals surface area contributed by atoms with Crippen LogP contribution in [-0.4, -0.2) is 39.5 Å². The van der Waals surface area contributed by atoms with E-state index in [2.05, 4.69) is 0 Å². The number of carbonyl (C=O) groups is 1. The van der Waals surface area contributed by atoms with Gasteiger partial charge in [-0.2, -0.15) is 0 Å². The topological polar surface area (TPSA) is 82.8 Å². The minimum atomic E-state index is -0.597. The fraction of sp³-hybridized carbons (Fsp3) is 0.389. The predicted molar refractivity (Wildman–Crippen MR) is 92.3 cm³/mol. The lowest BCUT2D eigenvalue weighted by Gasteiger charge is -2.36. The quantitative estimate of drug-likeness (QED) is 0.793. The summed E-state index contributed by atoms with van der Waals surface area (Å²) in [6, 6.07) is 9.57. The second-order valence-corrected chi connectivity index (χ2v) is 6.50. The van der Waals surface area contributed by atoms with Gasteiger partial charge in [-0.3, -0.25) is 18.8 Å². The van der Waals surface area contributed by atoms with Gasteiger partial charge >= 0.3 is 11.8 Å². The number of fused-ring (bicyclic) bond motifs is 1. The molecule has 2 aliphatic rings. The molecule has 0 N–H and O–H groups in total. The van der Waals surface area contributed by atoms with E-state index < -0.39 is 18.0 Å². The van der Waals surface area contributed by atoms with E-state index in [0.29, 0.717) is 25.1 Å². The number of amides is 1. The van der Waals surface area contributed by atoms with Crippen molar-refractivity contribution in [2.24, 2.45) is 14.1 Å². The molecule has 2 aliphatic heterocycles. The smallest absolute Gasteiger partial charge is 0.412 e. The number of aromatic nitrogens is 2. The molecule has 26 heavy (non-hydrogen) atoms. The summed E-state index contributed by atoms with van der Waals surface area (Å²) in [6.07, 6.45) is -0.626. The molecule has 0 spiro atoms. The molecule has 4 rings (SSSR count). The fourth-order valence-corrected chi connectivity index (χ4v) is 3.63. The van der Waals surface area contributed by atoms with E-state index in [0.717, 1.165) is 10.1 Å². The van der Waals surface area contributed by atoms with Crippen molar-refractivity contribution in [3.8, 4) is 5.88 Å². The monoisotopic (exact) mass is 357 g/mol. The zero-order valence-corrected chi connectivity index (χ0v) is 14.5. The van der Waals surface area contributed by atoms with Gasteiger partial charge in [0.1, 0.15) is 6.61 Å². The molecule has 1 saturated heterocycles. The van der Waals surface area contributed by atoms with Crippen LogP contribution < -0.4 is 16.0 Å². The van der Waals surface area contributed by atoms with Gasteiger partial charge in [0, 0.05) is 26.4 Å². The SMILES string of the molecule is Cn1c2c(c(=O)n(C)c1=O)[C@H](c1ccccc1)C[C@@H](N1CCOC1=O)O2. The van der Waals surface area contributed by atoms with Crippen molar-refractivity contribution in [2.45, 2.75) is 18.6 Å². The minimum Gasteiger partial charge on any atom is -0.454 e. The maximum Gasteiger partial charge on any atom is 0.412 e. The van der Waals surface area contributed by atoms with E-state index in [1.807, 2.05) is 30.3 Å². The molecule has 8 heteroatoms. The van der Waals surface area contributed by atoms with Gasteiger partial charge < -0.3 is 9.47 Å². The third-order valence-corrected chi connectivity index (χ3v) is 5.02. The Hall–Kier alpha value is -3.03. The summed E-state index contributed by atoms with van der Waals surface area (Å²) < 4.78 is 13.4. The molecule has 2 aromatic rings. The van der Waals surface area contributed by atoms with E-state index in [-0.39, 0.29) is 17.4 Å². The Labute approximate surface area is 149 Å². The van der Waals surface area contributed by atoms with Crippen LogP contribution in [0.25, 0.3) is 0 Å². The molecule has 0 saturated carbocycles. The molecule has 136 valence electrons. The Balaban J connectivity index is 1.90. The molecule has 0 radical (unpaired) electrons. The first kappa shape index (κ1) is 16.4. The molecule has 0 aliphatic carbocycles. The van der Waals surface area contributed by atoms with Gasteiger partial charge in [0.25, 0.3) is 5.56 Å². The Morgan fingerprint density at radius 3 is 2.42 bits per heavy atom. The maximum absolute atomic E-state index is 12.8. The standard InChI is InChI=1S/C18H19N3O5/c1-19-15(22)14-12(11-6-4-3-5-7-11)10-13(21-8-9-25-18(21)24)26-16(14)20(2)17(19)23/h3-7,12-13H,8-10H2,1-2H3/t12-,13-/m0/s1. The molecule has 0 unspecified atom stereocenters. The highest BCUT2D eigenvalue weighted by Crippen LogP contribution is 2.38. The van der Waals surface area contributed by atoms with Crippen molar-refractivity contribution in [1.82, 2.24) is 14.0 Å². The second-order valence-electron chi connectivity index (χ2n) is 6.50. The molecule has 0 bridgehead atoms.